The Morgan fingerprint density at radius 2 is 1.93 bits per heavy atom. The number of fused-ring (bicyclic) bond motifs is 1. The van der Waals surface area contributed by atoms with Crippen LogP contribution in [-0.2, 0) is 9.47 Å². The van der Waals surface area contributed by atoms with Gasteiger partial charge in [-0.05, 0) is 54.3 Å². The van der Waals surface area contributed by atoms with Gasteiger partial charge < -0.3 is 19.7 Å². The number of hydrogen-bond donors (Lipinski definition) is 1. The van der Waals surface area contributed by atoms with E-state index in [1.165, 1.54) is 30.6 Å². The van der Waals surface area contributed by atoms with Crippen molar-refractivity contribution in [1.82, 2.24) is 0 Å². The summed E-state index contributed by atoms with van der Waals surface area (Å²) in [6.07, 6.45) is 0. The van der Waals surface area contributed by atoms with E-state index >= 15 is 0 Å². The molecule has 1 aromatic heterocycles. The number of rotatable bonds is 4. The van der Waals surface area contributed by atoms with E-state index in [2.05, 4.69) is 10.2 Å². The SMILES string of the molecule is COC(=O)c1cc(N2CCOCC2)ccc1NC(=O)c1sc2ccc(F)cc2c1C. The Kier molecular flexibility index (Phi) is 5.69. The third kappa shape index (κ3) is 3.88. The van der Waals surface area contributed by atoms with Gasteiger partial charge in [-0.2, -0.15) is 0 Å². The lowest BCUT2D eigenvalue weighted by Gasteiger charge is -2.29. The van der Waals surface area contributed by atoms with Gasteiger partial charge in [0.2, 0.25) is 0 Å². The molecule has 0 spiro atoms. The Balaban J connectivity index is 1.65. The number of nitrogens with one attached hydrogen (secondary N) is 1. The van der Waals surface area contributed by atoms with Gasteiger partial charge in [-0.1, -0.05) is 0 Å². The monoisotopic (exact) mass is 428 g/mol. The first kappa shape index (κ1) is 20.3. The first-order valence-electron chi connectivity index (χ1n) is 9.53. The van der Waals surface area contributed by atoms with Crippen LogP contribution in [-0.4, -0.2) is 45.3 Å². The number of carbonyl (C=O) groups is 2. The minimum Gasteiger partial charge on any atom is -0.465 e. The zero-order valence-electron chi connectivity index (χ0n) is 16.7. The van der Waals surface area contributed by atoms with Crippen molar-refractivity contribution >= 4 is 44.7 Å². The van der Waals surface area contributed by atoms with Crippen LogP contribution in [0.3, 0.4) is 0 Å². The standard InChI is InChI=1S/C22H21FN2O4S/c1-13-16-11-14(23)3-6-19(16)30-20(13)21(26)24-18-5-4-15(12-17(18)22(27)28-2)25-7-9-29-10-8-25/h3-6,11-12H,7-10H2,1-2H3,(H,24,26). The molecule has 1 fully saturated rings. The molecule has 1 saturated heterocycles. The van der Waals surface area contributed by atoms with Crippen molar-refractivity contribution < 1.29 is 23.5 Å². The zero-order chi connectivity index (χ0) is 21.3. The van der Waals surface area contributed by atoms with Gasteiger partial charge in [-0.3, -0.25) is 4.79 Å². The molecule has 1 aliphatic heterocycles. The first-order valence-corrected chi connectivity index (χ1v) is 10.3. The number of hydrogen-bond acceptors (Lipinski definition) is 6. The van der Waals surface area contributed by atoms with E-state index in [1.54, 1.807) is 25.1 Å². The lowest BCUT2D eigenvalue weighted by molar-refractivity contribution is 0.0602. The molecule has 0 aliphatic carbocycles. The molecular weight excluding hydrogens is 407 g/mol. The van der Waals surface area contributed by atoms with Crippen molar-refractivity contribution in [2.24, 2.45) is 0 Å². The van der Waals surface area contributed by atoms with Crippen LogP contribution in [0, 0.1) is 12.7 Å². The van der Waals surface area contributed by atoms with Gasteiger partial charge in [0.1, 0.15) is 5.82 Å². The average Bonchev–Trinajstić information content (AvgIpc) is 3.10. The Morgan fingerprint density at radius 3 is 2.67 bits per heavy atom. The van der Waals surface area contributed by atoms with Crippen LogP contribution in [0.15, 0.2) is 36.4 Å². The quantitative estimate of drug-likeness (QED) is 0.630. The van der Waals surface area contributed by atoms with Crippen LogP contribution in [0.4, 0.5) is 15.8 Å². The van der Waals surface area contributed by atoms with Gasteiger partial charge in [0.05, 0.1) is 36.5 Å². The van der Waals surface area contributed by atoms with Gasteiger partial charge in [0.25, 0.3) is 5.91 Å². The number of ether oxygens (including phenoxy) is 2. The predicted octanol–water partition coefficient (Wildman–Crippen LogP) is 4.22. The van der Waals surface area contributed by atoms with Crippen LogP contribution < -0.4 is 10.2 Å². The summed E-state index contributed by atoms with van der Waals surface area (Å²) in [6, 6.07) is 9.75. The summed E-state index contributed by atoms with van der Waals surface area (Å²) in [6.45, 7) is 4.49. The second-order valence-corrected chi connectivity index (χ2v) is 8.02. The lowest BCUT2D eigenvalue weighted by Crippen LogP contribution is -2.36. The van der Waals surface area contributed by atoms with Crippen molar-refractivity contribution in [1.29, 1.82) is 0 Å². The van der Waals surface area contributed by atoms with Gasteiger partial charge in [-0.15, -0.1) is 11.3 Å². The number of methoxy groups -OCH3 is 1. The van der Waals surface area contributed by atoms with E-state index in [4.69, 9.17) is 9.47 Å². The molecule has 0 saturated carbocycles. The number of amides is 1. The molecule has 0 unspecified atom stereocenters. The normalized spacial score (nSPS) is 14.0. The maximum absolute atomic E-state index is 13.6. The van der Waals surface area contributed by atoms with Gasteiger partial charge in [-0.25, -0.2) is 9.18 Å². The van der Waals surface area contributed by atoms with Crippen LogP contribution >= 0.6 is 11.3 Å². The summed E-state index contributed by atoms with van der Waals surface area (Å²) in [4.78, 5) is 27.9. The molecule has 30 heavy (non-hydrogen) atoms. The van der Waals surface area contributed by atoms with Crippen molar-refractivity contribution in [3.8, 4) is 0 Å². The van der Waals surface area contributed by atoms with Crippen LogP contribution in [0.5, 0.6) is 0 Å². The third-order valence-corrected chi connectivity index (χ3v) is 6.41. The number of morpholine rings is 1. The fraction of sp³-hybridized carbons (Fsp3) is 0.273. The maximum atomic E-state index is 13.6. The number of benzene rings is 2. The predicted molar refractivity (Wildman–Crippen MR) is 115 cm³/mol. The topological polar surface area (TPSA) is 67.9 Å². The highest BCUT2D eigenvalue weighted by atomic mass is 32.1. The molecule has 3 aromatic rings. The number of esters is 1. The second-order valence-electron chi connectivity index (χ2n) is 6.97. The second kappa shape index (κ2) is 8.41. The van der Waals surface area contributed by atoms with E-state index in [-0.39, 0.29) is 17.3 Å². The molecular formula is C22H21FN2O4S. The summed E-state index contributed by atoms with van der Waals surface area (Å²) >= 11 is 1.29. The van der Waals surface area contributed by atoms with E-state index in [1.807, 2.05) is 6.07 Å². The van der Waals surface area contributed by atoms with Crippen molar-refractivity contribution in [2.75, 3.05) is 43.6 Å². The summed E-state index contributed by atoms with van der Waals surface area (Å²) < 4.78 is 24.7. The molecule has 2 heterocycles. The minimum absolute atomic E-state index is 0.277. The molecule has 1 amide bonds. The number of halogens is 1. The van der Waals surface area contributed by atoms with Crippen LogP contribution in [0.2, 0.25) is 0 Å². The van der Waals surface area contributed by atoms with Gasteiger partial charge in [0, 0.05) is 23.5 Å². The highest BCUT2D eigenvalue weighted by Crippen LogP contribution is 2.32. The zero-order valence-corrected chi connectivity index (χ0v) is 17.5. The number of carbonyl (C=O) groups excluding carboxylic acids is 2. The van der Waals surface area contributed by atoms with E-state index < -0.39 is 5.97 Å². The molecule has 0 atom stereocenters. The molecule has 6 nitrogen and oxygen atoms in total. The number of thiophene rings is 1. The first-order chi connectivity index (χ1) is 14.5. The highest BCUT2D eigenvalue weighted by molar-refractivity contribution is 7.21. The molecule has 0 radical (unpaired) electrons. The van der Waals surface area contributed by atoms with Gasteiger partial charge in [0.15, 0.2) is 0 Å². The molecule has 8 heteroatoms. The number of aryl methyl sites for hydroxylation is 1. The van der Waals surface area contributed by atoms with Crippen LogP contribution in [0.25, 0.3) is 10.1 Å². The third-order valence-electron chi connectivity index (χ3n) is 5.14. The van der Waals surface area contributed by atoms with Crippen molar-refractivity contribution in [3.63, 3.8) is 0 Å². The summed E-state index contributed by atoms with van der Waals surface area (Å²) in [7, 11) is 1.31. The Hall–Kier alpha value is -2.97. The van der Waals surface area contributed by atoms with Gasteiger partial charge >= 0.3 is 5.97 Å². The lowest BCUT2D eigenvalue weighted by atomic mass is 10.1. The Bertz CT molecular complexity index is 1120. The Morgan fingerprint density at radius 1 is 1.17 bits per heavy atom. The summed E-state index contributed by atoms with van der Waals surface area (Å²) in [5, 5.41) is 3.53. The summed E-state index contributed by atoms with van der Waals surface area (Å²) in [5.74, 6) is -1.23. The Labute approximate surface area is 177 Å². The van der Waals surface area contributed by atoms with E-state index in [0.29, 0.717) is 34.7 Å². The van der Waals surface area contributed by atoms with E-state index in [0.717, 1.165) is 23.5 Å². The number of anilines is 2. The smallest absolute Gasteiger partial charge is 0.340 e. The fourth-order valence-corrected chi connectivity index (χ4v) is 4.61. The molecule has 0 bridgehead atoms. The highest BCUT2D eigenvalue weighted by Gasteiger charge is 2.21. The summed E-state index contributed by atoms with van der Waals surface area (Å²) in [5.41, 5.74) is 2.22. The van der Waals surface area contributed by atoms with Crippen molar-refractivity contribution in [2.45, 2.75) is 6.92 Å². The fourth-order valence-electron chi connectivity index (χ4n) is 3.53. The molecule has 4 rings (SSSR count). The molecule has 2 aromatic carbocycles. The average molecular weight is 428 g/mol. The van der Waals surface area contributed by atoms with Crippen molar-refractivity contribution in [3.05, 3.63) is 58.2 Å². The number of nitrogens with zero attached hydrogens (tertiary/aromatic N) is 1. The molecule has 1 aliphatic rings. The maximum Gasteiger partial charge on any atom is 0.340 e. The van der Waals surface area contributed by atoms with E-state index in [9.17, 15) is 14.0 Å². The molecule has 1 N–H and O–H groups in total. The minimum atomic E-state index is -0.532. The molecule has 156 valence electrons. The van der Waals surface area contributed by atoms with Crippen LogP contribution in [0.1, 0.15) is 25.6 Å². The largest absolute Gasteiger partial charge is 0.465 e.